The molecule has 8 saturated heterocycles. The second kappa shape index (κ2) is 37.1. The SMILES string of the molecule is Cc1ccc(OC2CC3CCC2N(C(=O)c2c(F)cccc2-c2ncccn2)C3)nc1.Cc1ccc(OC2CC3CCC2N(C(=O)c2cc(F)ccc2-c2ncccn2)C3)nc1.Cc1ccc(OC2CC3CCC2N(C(=O)c2ccccc2-c2ncc(F)cn2)C3)nc1.Cc1cnc(OC2CC3CCC2N(C(=O)c2ccc(F)cc2-c2ncccn2)C3)cn1. The summed E-state index contributed by atoms with van der Waals surface area (Å²) in [4.78, 5) is 117. The number of ether oxygens (including phenoxy) is 4. The van der Waals surface area contributed by atoms with Crippen molar-refractivity contribution in [1.29, 1.82) is 0 Å². The number of benzene rings is 4. The molecule has 0 spiro atoms. The number of hydrogen-bond donors (Lipinski definition) is 0. The van der Waals surface area contributed by atoms with Crippen molar-refractivity contribution < 1.29 is 55.7 Å². The van der Waals surface area contributed by atoms with Crippen molar-refractivity contribution in [1.82, 2.24) is 84.4 Å². The van der Waals surface area contributed by atoms with Crippen molar-refractivity contribution in [3.05, 3.63) is 282 Å². The molecule has 4 aliphatic carbocycles. The van der Waals surface area contributed by atoms with E-state index in [1.165, 1.54) is 36.4 Å². The van der Waals surface area contributed by atoms with Crippen molar-refractivity contribution in [3.63, 3.8) is 0 Å². The molecule has 0 radical (unpaired) electrons. The van der Waals surface area contributed by atoms with Gasteiger partial charge < -0.3 is 38.5 Å². The molecule has 4 aromatic carbocycles. The molecule has 12 aromatic rings. The predicted molar refractivity (Wildman–Crippen MR) is 450 cm³/mol. The lowest BCUT2D eigenvalue weighted by atomic mass is 9.77. The summed E-state index contributed by atoms with van der Waals surface area (Å²) in [5.74, 6) is 2.32. The highest BCUT2D eigenvalue weighted by molar-refractivity contribution is 6.03. The van der Waals surface area contributed by atoms with Gasteiger partial charge in [0.1, 0.15) is 41.9 Å². The standard InChI is InChI=1S/3C24H23FN4O2.C23H22FN5O2/c1-15-3-8-22(28-13-15)31-21-11-16-4-7-20(21)29(14-16)24(30)19-12-17(25)5-6-18(19)23-26-9-2-10-27-23;1-15-6-9-21(28-13-15)31-20-12-16-7-8-19(20)29(14-16)24(30)22-17(4-2-5-18(22)25)23-26-10-3-11-27-23;1-15-6-9-22(26-11-15)31-21-10-16-7-8-20(21)29(14-16)24(30)19-5-3-2-4-18(19)23-27-12-17(25)13-28-23;1-14-11-28-21(12-27-14)31-20-9-15-3-6-19(20)29(13-15)23(30)17-5-4-16(24)10-18(17)22-25-7-2-8-26-22/h2-3,5-6,8-10,12-13,16,20-21H,4,7,11,14H2,1H3;2-6,9-11,13,16,19-20H,7-8,12,14H2,1H3;2-6,9,11-13,16,20-21H,7-8,10,14H2,1H3;2,4-5,7-8,10-12,15,19-20H,3,6,9,13H2,1H3. The van der Waals surface area contributed by atoms with Gasteiger partial charge in [0.2, 0.25) is 23.5 Å². The summed E-state index contributed by atoms with van der Waals surface area (Å²) in [6.45, 7) is 10.4. The van der Waals surface area contributed by atoms with Gasteiger partial charge in [0, 0.05) is 122 Å². The molecule has 16 heterocycles. The van der Waals surface area contributed by atoms with Crippen molar-refractivity contribution >= 4 is 23.6 Å². The van der Waals surface area contributed by atoms with E-state index in [4.69, 9.17) is 18.9 Å². The Morgan fingerprint density at radius 2 is 0.685 bits per heavy atom. The summed E-state index contributed by atoms with van der Waals surface area (Å²) in [6.07, 6.45) is 31.2. The maximum Gasteiger partial charge on any atom is 0.257 e. The Kier molecular flexibility index (Phi) is 24.8. The molecule has 29 heteroatoms. The van der Waals surface area contributed by atoms with Crippen LogP contribution in [0.3, 0.4) is 0 Å². The predicted octanol–water partition coefficient (Wildman–Crippen LogP) is 15.6. The molecule has 8 bridgehead atoms. The van der Waals surface area contributed by atoms with Crippen LogP contribution >= 0.6 is 0 Å². The number of amides is 4. The van der Waals surface area contributed by atoms with E-state index >= 15 is 0 Å². The number of aryl methyl sites for hydroxylation is 4. The summed E-state index contributed by atoms with van der Waals surface area (Å²) in [7, 11) is 0. The highest BCUT2D eigenvalue weighted by atomic mass is 19.1. The molecular formula is C95H91F4N17O8. The second-order valence-electron chi connectivity index (χ2n) is 33.0. The Bertz CT molecular complexity index is 5740. The molecule has 12 unspecified atom stereocenters. The van der Waals surface area contributed by atoms with Crippen LogP contribution in [0.5, 0.6) is 23.5 Å². The Labute approximate surface area is 714 Å². The van der Waals surface area contributed by atoms with E-state index in [2.05, 4.69) is 64.8 Å². The van der Waals surface area contributed by atoms with E-state index in [1.807, 2.05) is 90.9 Å². The lowest BCUT2D eigenvalue weighted by Crippen LogP contribution is -2.59. The minimum atomic E-state index is -0.561. The molecule has 124 heavy (non-hydrogen) atoms. The highest BCUT2D eigenvalue weighted by Gasteiger charge is 2.50. The fourth-order valence-electron chi connectivity index (χ4n) is 18.5. The van der Waals surface area contributed by atoms with Gasteiger partial charge in [-0.05, 0) is 212 Å². The van der Waals surface area contributed by atoms with Crippen LogP contribution in [-0.2, 0) is 0 Å². The number of nitrogens with zero attached hydrogens (tertiary/aromatic N) is 17. The first-order valence-corrected chi connectivity index (χ1v) is 42.1. The number of fused-ring (bicyclic) bond motifs is 12. The number of hydrogen-bond acceptors (Lipinski definition) is 21. The van der Waals surface area contributed by atoms with Gasteiger partial charge in [-0.3, -0.25) is 24.2 Å². The molecule has 8 aromatic heterocycles. The average Bonchev–Trinajstić information content (AvgIpc) is 0.775. The van der Waals surface area contributed by atoms with Crippen molar-refractivity contribution in [3.8, 4) is 69.1 Å². The smallest absolute Gasteiger partial charge is 0.257 e. The van der Waals surface area contributed by atoms with Gasteiger partial charge in [-0.2, -0.15) is 0 Å². The Morgan fingerprint density at radius 3 is 1.13 bits per heavy atom. The summed E-state index contributed by atoms with van der Waals surface area (Å²) in [5.41, 5.74) is 7.19. The summed E-state index contributed by atoms with van der Waals surface area (Å²) < 4.78 is 81.1. The van der Waals surface area contributed by atoms with Gasteiger partial charge in [0.25, 0.3) is 23.6 Å². The third-order valence-electron chi connectivity index (χ3n) is 24.5. The van der Waals surface area contributed by atoms with E-state index in [-0.39, 0.29) is 83.3 Å². The van der Waals surface area contributed by atoms with Crippen LogP contribution in [0.15, 0.2) is 214 Å². The van der Waals surface area contributed by atoms with Gasteiger partial charge in [-0.1, -0.05) is 48.5 Å². The molecule has 632 valence electrons. The fraction of sp³-hybridized carbons (Fsp3) is 0.337. The minimum absolute atomic E-state index is 0.0113. The van der Waals surface area contributed by atoms with Gasteiger partial charge in [-0.25, -0.2) is 77.4 Å². The normalized spacial score (nSPS) is 22.4. The first-order valence-electron chi connectivity index (χ1n) is 42.1. The Balaban J connectivity index is 0.000000117. The average molecular weight is 1670 g/mol. The number of halogens is 4. The molecule has 0 N–H and O–H groups in total. The van der Waals surface area contributed by atoms with Gasteiger partial charge in [-0.15, -0.1) is 0 Å². The molecule has 8 aliphatic heterocycles. The zero-order valence-electron chi connectivity index (χ0n) is 68.8. The zero-order valence-corrected chi connectivity index (χ0v) is 68.8. The molecule has 4 saturated carbocycles. The Morgan fingerprint density at radius 1 is 0.306 bits per heavy atom. The first-order chi connectivity index (χ1) is 60.3. The molecule has 4 amide bonds. The van der Waals surface area contributed by atoms with Gasteiger partial charge in [0.05, 0.1) is 76.9 Å². The molecule has 12 aliphatic rings. The van der Waals surface area contributed by atoms with Crippen molar-refractivity contribution in [2.45, 2.75) is 153 Å². The van der Waals surface area contributed by atoms with E-state index in [0.29, 0.717) is 130 Å². The molecular weight excluding hydrogens is 1580 g/mol. The monoisotopic (exact) mass is 1670 g/mol. The van der Waals surface area contributed by atoms with Crippen LogP contribution < -0.4 is 18.9 Å². The number of piperidine rings is 8. The highest BCUT2D eigenvalue weighted by Crippen LogP contribution is 2.44. The molecule has 25 nitrogen and oxygen atoms in total. The van der Waals surface area contributed by atoms with E-state index < -0.39 is 23.3 Å². The lowest BCUT2D eigenvalue weighted by Gasteiger charge is -2.49. The number of carbonyl (C=O) groups excluding carboxylic acids is 4. The van der Waals surface area contributed by atoms with Gasteiger partial charge in [0.15, 0.2) is 29.1 Å². The molecule has 12 atom stereocenters. The first kappa shape index (κ1) is 82.8. The second-order valence-corrected chi connectivity index (χ2v) is 33.0. The van der Waals surface area contributed by atoms with Crippen LogP contribution in [0.25, 0.3) is 45.6 Å². The van der Waals surface area contributed by atoms with E-state index in [9.17, 15) is 36.7 Å². The fourth-order valence-corrected chi connectivity index (χ4v) is 18.5. The largest absolute Gasteiger partial charge is 0.472 e. The van der Waals surface area contributed by atoms with Crippen LogP contribution in [0.1, 0.15) is 141 Å². The topological polar surface area (TPSA) is 286 Å². The van der Waals surface area contributed by atoms with E-state index in [0.717, 1.165) is 112 Å². The Hall–Kier alpha value is -13.5. The quantitative estimate of drug-likeness (QED) is 0.0812. The maximum absolute atomic E-state index is 14.9. The summed E-state index contributed by atoms with van der Waals surface area (Å²) in [5, 5.41) is 0. The lowest BCUT2D eigenvalue weighted by molar-refractivity contribution is -0.0315. The zero-order chi connectivity index (χ0) is 85.5. The van der Waals surface area contributed by atoms with Gasteiger partial charge >= 0.3 is 0 Å². The van der Waals surface area contributed by atoms with E-state index in [1.54, 1.807) is 122 Å². The maximum atomic E-state index is 14.9. The van der Waals surface area contributed by atoms with Crippen molar-refractivity contribution in [2.75, 3.05) is 26.2 Å². The third-order valence-corrected chi connectivity index (χ3v) is 24.5. The van der Waals surface area contributed by atoms with Crippen LogP contribution in [0.4, 0.5) is 17.6 Å². The number of aromatic nitrogens is 13. The molecule has 12 fully saturated rings. The van der Waals surface area contributed by atoms with Crippen LogP contribution in [0, 0.1) is 74.6 Å². The van der Waals surface area contributed by atoms with Crippen LogP contribution in [0.2, 0.25) is 0 Å². The number of rotatable bonds is 16. The van der Waals surface area contributed by atoms with Crippen LogP contribution in [-0.4, -0.2) is 183 Å². The molecule has 24 rings (SSSR count). The summed E-state index contributed by atoms with van der Waals surface area (Å²) >= 11 is 0. The van der Waals surface area contributed by atoms with Crippen molar-refractivity contribution in [2.24, 2.45) is 23.7 Å². The number of carbonyl (C=O) groups is 4. The summed E-state index contributed by atoms with van der Waals surface area (Å²) in [6, 6.07) is 36.4. The number of pyridine rings is 3. The minimum Gasteiger partial charge on any atom is -0.472 e. The third kappa shape index (κ3) is 18.6.